The molecule has 37 heavy (non-hydrogen) atoms. The van der Waals surface area contributed by atoms with Crippen molar-refractivity contribution < 1.29 is 88.2 Å². The van der Waals surface area contributed by atoms with E-state index in [1.54, 1.807) is 0 Å². The van der Waals surface area contributed by atoms with E-state index in [9.17, 15) is 88.2 Å². The number of unbranched alkanes of at least 4 members (excludes halogenated alkanes) is 1. The van der Waals surface area contributed by atoms with E-state index in [0.717, 1.165) is 5.32 Å². The number of hydrogen-bond acceptors (Lipinski definition) is 2. The fraction of sp³-hybridized carbons (Fsp3) is 0.929. The SMILES string of the molecule is Cl.NCCCCNC(=O)C(F)(F)C(F)(F)C(F)(F)C(F)(F)C(F)(F)C(F)(F)C(F)(F)C(F)(F)C(F)(F)F. The lowest BCUT2D eigenvalue weighted by Gasteiger charge is -2.43. The summed E-state index contributed by atoms with van der Waals surface area (Å²) in [6.45, 7) is -1.34. The van der Waals surface area contributed by atoms with Crippen LogP contribution in [0.5, 0.6) is 0 Å². The average Bonchev–Trinajstić information content (AvgIpc) is 2.68. The Hall–Kier alpha value is -1.61. The van der Waals surface area contributed by atoms with Gasteiger partial charge in [0.05, 0.1) is 0 Å². The minimum absolute atomic E-state index is 0. The van der Waals surface area contributed by atoms with E-state index in [4.69, 9.17) is 5.73 Å². The van der Waals surface area contributed by atoms with Gasteiger partial charge in [-0.15, -0.1) is 12.4 Å². The molecule has 0 rings (SSSR count). The molecule has 0 aliphatic carbocycles. The maximum Gasteiger partial charge on any atom is 0.460 e. The maximum absolute atomic E-state index is 13.6. The van der Waals surface area contributed by atoms with Gasteiger partial charge in [0.15, 0.2) is 0 Å². The van der Waals surface area contributed by atoms with Crippen LogP contribution >= 0.6 is 12.4 Å². The van der Waals surface area contributed by atoms with Gasteiger partial charge in [-0.25, -0.2) is 0 Å². The Labute approximate surface area is 198 Å². The summed E-state index contributed by atoms with van der Waals surface area (Å²) in [5, 5.41) is 0.735. The predicted molar refractivity (Wildman–Crippen MR) is 84.2 cm³/mol. The maximum atomic E-state index is 13.6. The number of halogens is 20. The number of carbonyl (C=O) groups is 1. The first-order valence-electron chi connectivity index (χ1n) is 8.56. The van der Waals surface area contributed by atoms with Crippen LogP contribution in [0.25, 0.3) is 0 Å². The second-order valence-electron chi connectivity index (χ2n) is 6.84. The van der Waals surface area contributed by atoms with E-state index in [1.807, 2.05) is 0 Å². The topological polar surface area (TPSA) is 55.1 Å². The lowest BCUT2D eigenvalue weighted by atomic mass is 9.87. The molecule has 0 spiro atoms. The van der Waals surface area contributed by atoms with Gasteiger partial charge in [-0.3, -0.25) is 4.79 Å². The van der Waals surface area contributed by atoms with Gasteiger partial charge in [0.1, 0.15) is 0 Å². The largest absolute Gasteiger partial charge is 0.460 e. The van der Waals surface area contributed by atoms with Crippen molar-refractivity contribution >= 4 is 18.3 Å². The first kappa shape index (κ1) is 37.5. The zero-order chi connectivity index (χ0) is 29.6. The highest BCUT2D eigenvalue weighted by atomic mass is 35.5. The normalized spacial score (nSPS) is 15.4. The smallest absolute Gasteiger partial charge is 0.351 e. The van der Waals surface area contributed by atoms with E-state index in [1.165, 1.54) is 0 Å². The van der Waals surface area contributed by atoms with Gasteiger partial charge in [-0.2, -0.15) is 83.4 Å². The van der Waals surface area contributed by atoms with E-state index >= 15 is 0 Å². The molecule has 0 heterocycles. The molecule has 224 valence electrons. The van der Waals surface area contributed by atoms with Crippen LogP contribution < -0.4 is 11.1 Å². The molecule has 23 heteroatoms. The molecule has 3 nitrogen and oxygen atoms in total. The van der Waals surface area contributed by atoms with Crippen LogP contribution in [-0.2, 0) is 4.79 Å². The van der Waals surface area contributed by atoms with Gasteiger partial charge < -0.3 is 11.1 Å². The molecule has 0 aliphatic rings. The van der Waals surface area contributed by atoms with Crippen molar-refractivity contribution in [3.8, 4) is 0 Å². The summed E-state index contributed by atoms with van der Waals surface area (Å²) in [6, 6.07) is 0. The highest BCUT2D eigenvalue weighted by Gasteiger charge is 2.97. The summed E-state index contributed by atoms with van der Waals surface area (Å²) in [5.74, 6) is -71.7. The molecule has 0 aromatic rings. The first-order chi connectivity index (χ1) is 15.5. The highest BCUT2D eigenvalue weighted by Crippen LogP contribution is 2.65. The molecule has 0 saturated heterocycles. The molecule has 0 atom stereocenters. The molecule has 0 aliphatic heterocycles. The van der Waals surface area contributed by atoms with Crippen molar-refractivity contribution in [3.05, 3.63) is 0 Å². The second kappa shape index (κ2) is 10.5. The van der Waals surface area contributed by atoms with Gasteiger partial charge in [-0.05, 0) is 19.4 Å². The molecule has 0 saturated carbocycles. The molecule has 0 fully saturated rings. The zero-order valence-corrected chi connectivity index (χ0v) is 17.7. The number of alkyl halides is 19. The van der Waals surface area contributed by atoms with Gasteiger partial charge in [0.2, 0.25) is 0 Å². The number of nitrogens with two attached hydrogens (primary N) is 1. The Morgan fingerprint density at radius 3 is 1.11 bits per heavy atom. The van der Waals surface area contributed by atoms with Crippen molar-refractivity contribution in [1.29, 1.82) is 0 Å². The van der Waals surface area contributed by atoms with Crippen LogP contribution in [0.15, 0.2) is 0 Å². The summed E-state index contributed by atoms with van der Waals surface area (Å²) < 4.78 is 249. The fourth-order valence-corrected chi connectivity index (χ4v) is 2.09. The Morgan fingerprint density at radius 2 is 0.811 bits per heavy atom. The number of carbonyl (C=O) groups excluding carboxylic acids is 1. The molecule has 0 aromatic carbocycles. The highest BCUT2D eigenvalue weighted by molar-refractivity contribution is 5.85. The monoisotopic (exact) mass is 620 g/mol. The lowest BCUT2D eigenvalue weighted by molar-refractivity contribution is -0.467. The third-order valence-corrected chi connectivity index (χ3v) is 4.32. The van der Waals surface area contributed by atoms with Gasteiger partial charge in [-0.1, -0.05) is 0 Å². The molecule has 3 N–H and O–H groups in total. The number of hydrogen-bond donors (Lipinski definition) is 2. The predicted octanol–water partition coefficient (Wildman–Crippen LogP) is 5.91. The average molecular weight is 621 g/mol. The van der Waals surface area contributed by atoms with Crippen LogP contribution in [0.2, 0.25) is 0 Å². The second-order valence-corrected chi connectivity index (χ2v) is 6.84. The van der Waals surface area contributed by atoms with Crippen LogP contribution in [0, 0.1) is 0 Å². The summed E-state index contributed by atoms with van der Waals surface area (Å²) in [6.07, 6.45) is -8.55. The van der Waals surface area contributed by atoms with Crippen LogP contribution in [0.1, 0.15) is 12.8 Å². The van der Waals surface area contributed by atoms with E-state index in [-0.39, 0.29) is 25.4 Å². The van der Waals surface area contributed by atoms with Crippen LogP contribution in [0.3, 0.4) is 0 Å². The zero-order valence-electron chi connectivity index (χ0n) is 16.9. The first-order valence-corrected chi connectivity index (χ1v) is 8.56. The van der Waals surface area contributed by atoms with Crippen molar-refractivity contribution in [2.75, 3.05) is 13.1 Å². The Bertz CT molecular complexity index is 794. The summed E-state index contributed by atoms with van der Waals surface area (Å²) in [7, 11) is 0. The summed E-state index contributed by atoms with van der Waals surface area (Å²) in [4.78, 5) is 11.1. The van der Waals surface area contributed by atoms with E-state index in [2.05, 4.69) is 0 Å². The Kier molecular flexibility index (Phi) is 10.7. The Balaban J connectivity index is 0. The van der Waals surface area contributed by atoms with Gasteiger partial charge >= 0.3 is 53.6 Å². The molecular formula is C14H12ClF19N2O. The quantitative estimate of drug-likeness (QED) is 0.211. The minimum Gasteiger partial charge on any atom is -0.351 e. The molecular weight excluding hydrogens is 609 g/mol. The molecule has 0 bridgehead atoms. The fourth-order valence-electron chi connectivity index (χ4n) is 2.09. The van der Waals surface area contributed by atoms with Crippen molar-refractivity contribution in [1.82, 2.24) is 5.32 Å². The van der Waals surface area contributed by atoms with Crippen molar-refractivity contribution in [3.63, 3.8) is 0 Å². The van der Waals surface area contributed by atoms with Crippen molar-refractivity contribution in [2.24, 2.45) is 5.73 Å². The summed E-state index contributed by atoms with van der Waals surface area (Å²) >= 11 is 0. The standard InChI is InChI=1S/C14H11F19N2O.ClH/c15-6(16,5(36)35-4-2-1-3-34)7(17,18)8(19,20)9(21,22)10(23,24)11(25,26)12(27,28)13(29,30)14(31,32)33;/h1-4,34H2,(H,35,36);1H. The molecule has 1 amide bonds. The summed E-state index contributed by atoms with van der Waals surface area (Å²) in [5.41, 5.74) is 4.90. The Morgan fingerprint density at radius 1 is 0.514 bits per heavy atom. The van der Waals surface area contributed by atoms with Gasteiger partial charge in [0.25, 0.3) is 5.91 Å². The number of nitrogens with one attached hydrogen (secondary N) is 1. The van der Waals surface area contributed by atoms with E-state index in [0.29, 0.717) is 0 Å². The van der Waals surface area contributed by atoms with Crippen LogP contribution in [-0.4, -0.2) is 72.6 Å². The minimum atomic E-state index is -9.02. The third kappa shape index (κ3) is 5.32. The van der Waals surface area contributed by atoms with Crippen LogP contribution in [0.4, 0.5) is 83.4 Å². The number of amides is 1. The molecule has 0 unspecified atom stereocenters. The van der Waals surface area contributed by atoms with Crippen molar-refractivity contribution in [2.45, 2.75) is 66.4 Å². The number of rotatable bonds is 12. The molecule has 0 radical (unpaired) electrons. The molecule has 0 aromatic heterocycles. The van der Waals surface area contributed by atoms with Gasteiger partial charge in [0, 0.05) is 6.54 Å². The third-order valence-electron chi connectivity index (χ3n) is 4.32. The lowest BCUT2D eigenvalue weighted by Crippen LogP contribution is -2.76. The van der Waals surface area contributed by atoms with E-state index < -0.39 is 72.4 Å².